The lowest BCUT2D eigenvalue weighted by Gasteiger charge is -1.97. The Morgan fingerprint density at radius 3 is 2.71 bits per heavy atom. The van der Waals surface area contributed by atoms with Crippen LogP contribution in [0.5, 0.6) is 0 Å². The molecular formula is C10H7ClN2O. The van der Waals surface area contributed by atoms with Gasteiger partial charge in [-0.1, -0.05) is 28.9 Å². The van der Waals surface area contributed by atoms with Gasteiger partial charge in [-0.15, -0.1) is 0 Å². The molecule has 0 aromatic heterocycles. The van der Waals surface area contributed by atoms with Gasteiger partial charge < -0.3 is 4.84 Å². The van der Waals surface area contributed by atoms with Crippen LogP contribution in [0, 0.1) is 11.3 Å². The predicted molar refractivity (Wildman–Crippen MR) is 53.1 cm³/mol. The van der Waals surface area contributed by atoms with E-state index in [1.807, 2.05) is 18.2 Å². The molecule has 1 aliphatic heterocycles. The van der Waals surface area contributed by atoms with Crippen LogP contribution in [-0.2, 0) is 4.84 Å². The molecule has 0 fully saturated rings. The topological polar surface area (TPSA) is 45.4 Å². The Kier molecular flexibility index (Phi) is 2.38. The molecule has 70 valence electrons. The van der Waals surface area contributed by atoms with Gasteiger partial charge >= 0.3 is 0 Å². The maximum absolute atomic E-state index is 8.61. The van der Waals surface area contributed by atoms with Gasteiger partial charge in [0, 0.05) is 11.4 Å². The van der Waals surface area contributed by atoms with Crippen LogP contribution in [0.4, 0.5) is 0 Å². The van der Waals surface area contributed by atoms with Crippen molar-refractivity contribution in [2.24, 2.45) is 5.16 Å². The Bertz CT molecular complexity index is 405. The molecular weight excluding hydrogens is 200 g/mol. The summed E-state index contributed by atoms with van der Waals surface area (Å²) < 4.78 is 0. The smallest absolute Gasteiger partial charge is 0.218 e. The number of halogens is 1. The maximum Gasteiger partial charge on any atom is 0.218 e. The van der Waals surface area contributed by atoms with Crippen LogP contribution in [0.25, 0.3) is 0 Å². The summed E-state index contributed by atoms with van der Waals surface area (Å²) in [4.78, 5) is 4.89. The minimum Gasteiger partial charge on any atom is -0.376 e. The summed E-state index contributed by atoms with van der Waals surface area (Å²) in [6, 6.07) is 9.32. The molecule has 3 nitrogen and oxygen atoms in total. The summed E-state index contributed by atoms with van der Waals surface area (Å²) in [6.07, 6.45) is 0.0960. The van der Waals surface area contributed by atoms with Crippen LogP contribution >= 0.6 is 11.6 Å². The van der Waals surface area contributed by atoms with Crippen molar-refractivity contribution in [2.75, 3.05) is 0 Å². The monoisotopic (exact) mass is 206 g/mol. The van der Waals surface area contributed by atoms with Crippen molar-refractivity contribution in [1.29, 1.82) is 5.26 Å². The van der Waals surface area contributed by atoms with Crippen LogP contribution in [0.1, 0.15) is 12.0 Å². The fraction of sp³-hybridized carbons (Fsp3) is 0.200. The van der Waals surface area contributed by atoms with E-state index in [4.69, 9.17) is 21.7 Å². The van der Waals surface area contributed by atoms with E-state index >= 15 is 0 Å². The molecule has 4 heteroatoms. The zero-order valence-corrected chi connectivity index (χ0v) is 8.03. The Balaban J connectivity index is 2.18. The Morgan fingerprint density at radius 1 is 1.43 bits per heavy atom. The van der Waals surface area contributed by atoms with Gasteiger partial charge in [0.25, 0.3) is 0 Å². The summed E-state index contributed by atoms with van der Waals surface area (Å²) in [5.41, 5.74) is 1.75. The van der Waals surface area contributed by atoms with Crippen LogP contribution < -0.4 is 0 Å². The second kappa shape index (κ2) is 3.69. The van der Waals surface area contributed by atoms with Gasteiger partial charge in [0.05, 0.1) is 5.71 Å². The quantitative estimate of drug-likeness (QED) is 0.708. The molecule has 0 saturated carbocycles. The Labute approximate surface area is 86.5 Å². The number of benzene rings is 1. The molecule has 1 aliphatic rings. The first-order valence-electron chi connectivity index (χ1n) is 4.18. The standard InChI is InChI=1S/C10H7ClN2O/c11-8-3-1-7(2-4-8)10-5-9(6-12)14-13-10/h1-4,9H,5H2. The third-order valence-corrected chi connectivity index (χ3v) is 2.24. The van der Waals surface area contributed by atoms with Gasteiger partial charge in [0.1, 0.15) is 6.07 Å². The lowest BCUT2D eigenvalue weighted by molar-refractivity contribution is 0.125. The molecule has 2 rings (SSSR count). The van der Waals surface area contributed by atoms with E-state index in [1.165, 1.54) is 0 Å². The Morgan fingerprint density at radius 2 is 2.14 bits per heavy atom. The summed E-state index contributed by atoms with van der Waals surface area (Å²) >= 11 is 5.75. The van der Waals surface area contributed by atoms with Crippen LogP contribution in [0.15, 0.2) is 29.4 Å². The molecule has 1 aromatic carbocycles. The van der Waals surface area contributed by atoms with Crippen molar-refractivity contribution in [3.8, 4) is 6.07 Å². The molecule has 0 bridgehead atoms. The highest BCUT2D eigenvalue weighted by Crippen LogP contribution is 2.17. The molecule has 1 unspecified atom stereocenters. The minimum atomic E-state index is -0.444. The zero-order chi connectivity index (χ0) is 9.97. The highest BCUT2D eigenvalue weighted by Gasteiger charge is 2.21. The molecule has 1 heterocycles. The van der Waals surface area contributed by atoms with E-state index in [2.05, 4.69) is 5.16 Å². The zero-order valence-electron chi connectivity index (χ0n) is 7.27. The van der Waals surface area contributed by atoms with Gasteiger partial charge in [0.2, 0.25) is 6.10 Å². The van der Waals surface area contributed by atoms with Gasteiger partial charge in [-0.05, 0) is 17.7 Å². The summed E-state index contributed by atoms with van der Waals surface area (Å²) in [5.74, 6) is 0. The molecule has 0 N–H and O–H groups in total. The molecule has 0 spiro atoms. The SMILES string of the molecule is N#CC1CC(c2ccc(Cl)cc2)=NO1. The maximum atomic E-state index is 8.61. The molecule has 0 amide bonds. The average Bonchev–Trinajstić information content (AvgIpc) is 2.67. The van der Waals surface area contributed by atoms with Crippen LogP contribution in [0.2, 0.25) is 5.02 Å². The van der Waals surface area contributed by atoms with Crippen molar-refractivity contribution in [3.05, 3.63) is 34.9 Å². The van der Waals surface area contributed by atoms with Crippen LogP contribution in [-0.4, -0.2) is 11.8 Å². The van der Waals surface area contributed by atoms with Crippen molar-refractivity contribution in [3.63, 3.8) is 0 Å². The number of hydrogen-bond donors (Lipinski definition) is 0. The number of hydrogen-bond acceptors (Lipinski definition) is 3. The highest BCUT2D eigenvalue weighted by atomic mass is 35.5. The second-order valence-electron chi connectivity index (χ2n) is 2.97. The first kappa shape index (κ1) is 9.04. The molecule has 0 saturated heterocycles. The highest BCUT2D eigenvalue weighted by molar-refractivity contribution is 6.30. The van der Waals surface area contributed by atoms with E-state index < -0.39 is 6.10 Å². The Hall–Kier alpha value is -1.53. The van der Waals surface area contributed by atoms with E-state index in [-0.39, 0.29) is 0 Å². The van der Waals surface area contributed by atoms with Crippen molar-refractivity contribution in [1.82, 2.24) is 0 Å². The number of oxime groups is 1. The molecule has 1 atom stereocenters. The van der Waals surface area contributed by atoms with Crippen LogP contribution in [0.3, 0.4) is 0 Å². The number of nitriles is 1. The van der Waals surface area contributed by atoms with Crippen molar-refractivity contribution >= 4 is 17.3 Å². The van der Waals surface area contributed by atoms with Crippen molar-refractivity contribution < 1.29 is 4.84 Å². The second-order valence-corrected chi connectivity index (χ2v) is 3.41. The van der Waals surface area contributed by atoms with E-state index in [1.54, 1.807) is 12.1 Å². The summed E-state index contributed by atoms with van der Waals surface area (Å²) in [7, 11) is 0. The van der Waals surface area contributed by atoms with Gasteiger partial charge in [-0.3, -0.25) is 0 Å². The fourth-order valence-electron chi connectivity index (χ4n) is 1.26. The van der Waals surface area contributed by atoms with E-state index in [0.717, 1.165) is 11.3 Å². The molecule has 1 aromatic rings. The first-order valence-corrected chi connectivity index (χ1v) is 4.55. The predicted octanol–water partition coefficient (Wildman–Crippen LogP) is 2.36. The number of nitrogens with zero attached hydrogens (tertiary/aromatic N) is 2. The third-order valence-electron chi connectivity index (χ3n) is 1.99. The van der Waals surface area contributed by atoms with E-state index in [9.17, 15) is 0 Å². The minimum absolute atomic E-state index is 0.444. The fourth-order valence-corrected chi connectivity index (χ4v) is 1.39. The van der Waals surface area contributed by atoms with Gasteiger partial charge in [-0.25, -0.2) is 0 Å². The third kappa shape index (κ3) is 1.70. The van der Waals surface area contributed by atoms with Gasteiger partial charge in [-0.2, -0.15) is 5.26 Å². The van der Waals surface area contributed by atoms with E-state index in [0.29, 0.717) is 11.4 Å². The average molecular weight is 207 g/mol. The molecule has 14 heavy (non-hydrogen) atoms. The van der Waals surface area contributed by atoms with Crippen molar-refractivity contribution in [2.45, 2.75) is 12.5 Å². The lowest BCUT2D eigenvalue weighted by atomic mass is 10.1. The molecule has 0 aliphatic carbocycles. The first-order chi connectivity index (χ1) is 6.79. The normalized spacial score (nSPS) is 19.7. The molecule has 0 radical (unpaired) electrons. The summed E-state index contributed by atoms with van der Waals surface area (Å²) in [5, 5.41) is 13.1. The lowest BCUT2D eigenvalue weighted by Crippen LogP contribution is -2.04. The summed E-state index contributed by atoms with van der Waals surface area (Å²) in [6.45, 7) is 0. The largest absolute Gasteiger partial charge is 0.376 e. The van der Waals surface area contributed by atoms with Gasteiger partial charge in [0.15, 0.2) is 0 Å². The number of rotatable bonds is 1.